The number of ether oxygens (including phenoxy) is 3. The number of hydrogen-bond donors (Lipinski definition) is 2. The van der Waals surface area contributed by atoms with Crippen LogP contribution < -0.4 is 15.4 Å². The molecule has 1 fully saturated rings. The second-order valence-electron chi connectivity index (χ2n) is 12.8. The predicted molar refractivity (Wildman–Crippen MR) is 180 cm³/mol. The summed E-state index contributed by atoms with van der Waals surface area (Å²) in [4.78, 5) is 38.2. The summed E-state index contributed by atoms with van der Waals surface area (Å²) in [6.45, 7) is 8.58. The smallest absolute Gasteiger partial charge is 0.341 e. The Labute approximate surface area is 289 Å². The van der Waals surface area contributed by atoms with Crippen molar-refractivity contribution in [1.29, 1.82) is 5.26 Å². The molecule has 1 amide bonds. The zero-order valence-corrected chi connectivity index (χ0v) is 28.8. The molecule has 9 nitrogen and oxygen atoms in total. The summed E-state index contributed by atoms with van der Waals surface area (Å²) in [6, 6.07) is 9.11. The van der Waals surface area contributed by atoms with Crippen molar-refractivity contribution in [2.45, 2.75) is 64.8 Å². The molecule has 1 aliphatic carbocycles. The molecule has 2 aromatic rings. The quantitative estimate of drug-likeness (QED) is 0.170. The van der Waals surface area contributed by atoms with Crippen LogP contribution in [0.4, 0.5) is 10.1 Å². The van der Waals surface area contributed by atoms with E-state index in [2.05, 4.69) is 28.5 Å². The lowest BCUT2D eigenvalue weighted by Gasteiger charge is -2.38. The molecule has 252 valence electrons. The number of carbonyl (C=O) groups excluding carboxylic acids is 3. The minimum absolute atomic E-state index is 0.0796. The first-order valence-electron chi connectivity index (χ1n) is 15.1. The first kappa shape index (κ1) is 36.5. The zero-order chi connectivity index (χ0) is 35.4. The van der Waals surface area contributed by atoms with Gasteiger partial charge in [0.25, 0.3) is 0 Å². The minimum atomic E-state index is -1.58. The van der Waals surface area contributed by atoms with Crippen LogP contribution in [0.2, 0.25) is 5.02 Å². The van der Waals surface area contributed by atoms with Crippen molar-refractivity contribution in [1.82, 2.24) is 5.32 Å². The number of amides is 1. The molecule has 0 spiro atoms. The highest BCUT2D eigenvalue weighted by Gasteiger charge is 2.61. The van der Waals surface area contributed by atoms with Gasteiger partial charge in [0.1, 0.15) is 17.0 Å². The van der Waals surface area contributed by atoms with Gasteiger partial charge in [-0.1, -0.05) is 74.0 Å². The van der Waals surface area contributed by atoms with Crippen molar-refractivity contribution in [3.63, 3.8) is 0 Å². The minimum Gasteiger partial charge on any atom is -0.495 e. The van der Waals surface area contributed by atoms with Crippen LogP contribution in [0.15, 0.2) is 59.7 Å². The molecule has 0 radical (unpaired) electrons. The van der Waals surface area contributed by atoms with Crippen molar-refractivity contribution >= 4 is 46.7 Å². The van der Waals surface area contributed by atoms with Crippen LogP contribution in [0.25, 0.3) is 0 Å². The van der Waals surface area contributed by atoms with Gasteiger partial charge in [0.2, 0.25) is 12.2 Å². The number of esters is 2. The van der Waals surface area contributed by atoms with Gasteiger partial charge in [-0.05, 0) is 48.2 Å². The summed E-state index contributed by atoms with van der Waals surface area (Å²) in [5, 5.41) is 17.8. The first-order chi connectivity index (χ1) is 22.6. The molecule has 0 bridgehead atoms. The largest absolute Gasteiger partial charge is 0.495 e. The monoisotopic (exact) mass is 695 g/mol. The maximum absolute atomic E-state index is 15.9. The number of nitrogens with one attached hydrogen (secondary N) is 2. The molecule has 0 saturated carbocycles. The van der Waals surface area contributed by atoms with Crippen molar-refractivity contribution in [2.24, 2.45) is 17.3 Å². The molecule has 48 heavy (non-hydrogen) atoms. The van der Waals surface area contributed by atoms with Crippen LogP contribution in [-0.4, -0.2) is 43.3 Å². The molecule has 2 aromatic carbocycles. The van der Waals surface area contributed by atoms with Crippen LogP contribution in [0.3, 0.4) is 0 Å². The summed E-state index contributed by atoms with van der Waals surface area (Å²) < 4.78 is 31.4. The van der Waals surface area contributed by atoms with Crippen molar-refractivity contribution < 1.29 is 33.0 Å². The fourth-order valence-corrected chi connectivity index (χ4v) is 6.52. The molecule has 6 atom stereocenters. The van der Waals surface area contributed by atoms with Crippen molar-refractivity contribution in [2.75, 3.05) is 12.4 Å². The topological polar surface area (TPSA) is 127 Å². The van der Waals surface area contributed by atoms with E-state index in [0.29, 0.717) is 6.42 Å². The lowest BCUT2D eigenvalue weighted by molar-refractivity contribution is -0.162. The number of allylic oxidation sites excluding steroid dienone is 4. The molecular weight excluding hydrogens is 660 g/mol. The van der Waals surface area contributed by atoms with Crippen LogP contribution >= 0.6 is 23.2 Å². The molecule has 4 rings (SSSR count). The number of methoxy groups -OCH3 is 1. The lowest BCUT2D eigenvalue weighted by Crippen LogP contribution is -2.47. The molecule has 0 aromatic heterocycles. The highest BCUT2D eigenvalue weighted by molar-refractivity contribution is 6.32. The zero-order valence-electron chi connectivity index (χ0n) is 27.3. The maximum Gasteiger partial charge on any atom is 0.341 e. The average molecular weight is 697 g/mol. The number of hydrogen-bond acceptors (Lipinski definition) is 8. The third kappa shape index (κ3) is 8.02. The van der Waals surface area contributed by atoms with E-state index in [4.69, 9.17) is 37.4 Å². The summed E-state index contributed by atoms with van der Waals surface area (Å²) in [6.07, 6.45) is 4.34. The van der Waals surface area contributed by atoms with Crippen molar-refractivity contribution in [3.05, 3.63) is 81.6 Å². The van der Waals surface area contributed by atoms with Gasteiger partial charge in [-0.25, -0.2) is 9.18 Å². The standard InChI is InChI=1S/C36H36Cl2FN3O6/c1-20(43)47-21(2)48-34(45)23-11-15-28(29(16-23)46-6)41-33(44)32-31(22-8-7-9-24(37)12-10-22)36(19-40,30(42-32)18-35(3,4)5)26-14-13-25(38)17-27(26)39/h7-9,11,13-17,21-22,30-32,42H,18H2,1-6H3,(H,41,44)/t21?,22?,30?,31?,32-,36+/m1/s1. The van der Waals surface area contributed by atoms with Gasteiger partial charge in [0.15, 0.2) is 0 Å². The van der Waals surface area contributed by atoms with E-state index in [0.717, 1.165) is 6.07 Å². The molecule has 1 saturated heterocycles. The van der Waals surface area contributed by atoms with Gasteiger partial charge in [-0.3, -0.25) is 9.59 Å². The SMILES string of the molecule is COc1cc(C(=O)OC(C)OC(C)=O)ccc1NC(=O)[C@@H]1NC(CC(C)(C)C)[C@](C#N)(c2ccc(Cl)cc2F)C1C1C#CC(Cl)=CC=C1. The van der Waals surface area contributed by atoms with Gasteiger partial charge in [-0.2, -0.15) is 5.26 Å². The molecule has 1 heterocycles. The van der Waals surface area contributed by atoms with Crippen LogP contribution in [0, 0.1) is 46.2 Å². The third-order valence-corrected chi connectivity index (χ3v) is 8.54. The number of nitriles is 1. The summed E-state index contributed by atoms with van der Waals surface area (Å²) in [5.41, 5.74) is -1.52. The Balaban J connectivity index is 1.79. The number of nitrogens with zero attached hydrogens (tertiary/aromatic N) is 1. The predicted octanol–water partition coefficient (Wildman–Crippen LogP) is 6.66. The number of rotatable bonds is 9. The molecule has 12 heteroatoms. The van der Waals surface area contributed by atoms with Crippen LogP contribution in [0.1, 0.15) is 57.0 Å². The Hall–Kier alpha value is -4.35. The average Bonchev–Trinajstić information content (AvgIpc) is 3.15. The third-order valence-electron chi connectivity index (χ3n) is 8.08. The first-order valence-corrected chi connectivity index (χ1v) is 15.9. The maximum atomic E-state index is 15.9. The number of anilines is 1. The Morgan fingerprint density at radius 2 is 1.90 bits per heavy atom. The Morgan fingerprint density at radius 1 is 1.17 bits per heavy atom. The van der Waals surface area contributed by atoms with Crippen LogP contribution in [-0.2, 0) is 24.5 Å². The van der Waals surface area contributed by atoms with E-state index in [1.807, 2.05) is 20.8 Å². The van der Waals surface area contributed by atoms with Gasteiger partial charge in [-0.15, -0.1) is 0 Å². The second-order valence-corrected chi connectivity index (χ2v) is 13.6. The Bertz CT molecular complexity index is 1770. The molecule has 2 aliphatic rings. The summed E-state index contributed by atoms with van der Waals surface area (Å²) >= 11 is 12.4. The molecule has 1 aliphatic heterocycles. The van der Waals surface area contributed by atoms with Crippen LogP contribution in [0.5, 0.6) is 5.75 Å². The van der Waals surface area contributed by atoms with Gasteiger partial charge < -0.3 is 24.8 Å². The number of halogens is 3. The van der Waals surface area contributed by atoms with Gasteiger partial charge >= 0.3 is 11.9 Å². The molecular formula is C36H36Cl2FN3O6. The van der Waals surface area contributed by atoms with Crippen molar-refractivity contribution in [3.8, 4) is 23.7 Å². The normalized spacial score (nSPS) is 23.8. The fraction of sp³-hybridized carbons (Fsp3) is 0.389. The van der Waals surface area contributed by atoms with Gasteiger partial charge in [0, 0.05) is 42.3 Å². The van der Waals surface area contributed by atoms with E-state index in [-0.39, 0.29) is 38.0 Å². The van der Waals surface area contributed by atoms with E-state index >= 15 is 4.39 Å². The molecule has 2 N–H and O–H groups in total. The van der Waals surface area contributed by atoms with E-state index in [1.54, 1.807) is 18.2 Å². The summed E-state index contributed by atoms with van der Waals surface area (Å²) in [5.74, 6) is 1.89. The van der Waals surface area contributed by atoms with E-state index in [9.17, 15) is 19.6 Å². The highest BCUT2D eigenvalue weighted by Crippen LogP contribution is 2.51. The lowest BCUT2D eigenvalue weighted by atomic mass is 9.61. The fourth-order valence-electron chi connectivity index (χ4n) is 6.23. The van der Waals surface area contributed by atoms with E-state index < -0.39 is 59.3 Å². The highest BCUT2D eigenvalue weighted by atomic mass is 35.5. The Kier molecular flexibility index (Phi) is 11.3. The number of benzene rings is 2. The second kappa shape index (κ2) is 14.8. The molecule has 4 unspecified atom stereocenters. The number of carbonyl (C=O) groups is 3. The Morgan fingerprint density at radius 3 is 2.52 bits per heavy atom. The van der Waals surface area contributed by atoms with E-state index in [1.165, 1.54) is 51.3 Å². The van der Waals surface area contributed by atoms with Gasteiger partial charge in [0.05, 0.1) is 35.5 Å². The summed E-state index contributed by atoms with van der Waals surface area (Å²) in [7, 11) is 1.37.